The number of fused-ring (bicyclic) bond motifs is 1. The monoisotopic (exact) mass is 357 g/mol. The number of carbonyl (C=O) groups excluding carboxylic acids is 1. The van der Waals surface area contributed by atoms with Crippen LogP contribution in [0.25, 0.3) is 11.0 Å². The first-order valence-corrected chi connectivity index (χ1v) is 8.15. The van der Waals surface area contributed by atoms with Crippen molar-refractivity contribution in [3.63, 3.8) is 0 Å². The molecule has 0 spiro atoms. The van der Waals surface area contributed by atoms with Gasteiger partial charge in [-0.05, 0) is 49.6 Å². The molecule has 0 amide bonds. The van der Waals surface area contributed by atoms with E-state index in [-0.39, 0.29) is 17.3 Å². The highest BCUT2D eigenvalue weighted by Crippen LogP contribution is 2.40. The maximum atomic E-state index is 12.8. The molecule has 1 aliphatic rings. The van der Waals surface area contributed by atoms with Crippen molar-refractivity contribution in [2.45, 2.75) is 39.7 Å². The first-order valence-electron chi connectivity index (χ1n) is 8.15. The first-order chi connectivity index (χ1) is 12.3. The number of allylic oxidation sites excluding steroid dienone is 2. The molecule has 1 aromatic carbocycles. The van der Waals surface area contributed by atoms with Crippen molar-refractivity contribution in [1.82, 2.24) is 15.6 Å². The number of hydrogen-bond acceptors (Lipinski definition) is 7. The summed E-state index contributed by atoms with van der Waals surface area (Å²) in [6, 6.07) is 5.14. The predicted molar refractivity (Wildman–Crippen MR) is 91.9 cm³/mol. The van der Waals surface area contributed by atoms with Gasteiger partial charge in [-0.1, -0.05) is 12.1 Å². The molecule has 0 aliphatic carbocycles. The van der Waals surface area contributed by atoms with Crippen LogP contribution in [0, 0.1) is 0 Å². The fourth-order valence-electron chi connectivity index (χ4n) is 3.20. The molecule has 0 fully saturated rings. The van der Waals surface area contributed by atoms with Crippen LogP contribution in [0.2, 0.25) is 0 Å². The molecule has 0 radical (unpaired) electrons. The van der Waals surface area contributed by atoms with Crippen LogP contribution < -0.4 is 5.32 Å². The van der Waals surface area contributed by atoms with E-state index in [1.54, 1.807) is 45.9 Å². The normalized spacial score (nSPS) is 17.7. The molecule has 8 nitrogen and oxygen atoms in total. The molecule has 136 valence electrons. The van der Waals surface area contributed by atoms with Gasteiger partial charge < -0.3 is 15.2 Å². The van der Waals surface area contributed by atoms with Gasteiger partial charge in [0, 0.05) is 11.4 Å². The van der Waals surface area contributed by atoms with Gasteiger partial charge in [0.15, 0.2) is 0 Å². The number of carbonyl (C=O) groups is 2. The highest BCUT2D eigenvalue weighted by molar-refractivity contribution is 6.00. The molecular weight excluding hydrogens is 338 g/mol. The molecular formula is C18H19N3O5. The predicted octanol–water partition coefficient (Wildman–Crippen LogP) is 2.49. The second-order valence-electron chi connectivity index (χ2n) is 6.37. The van der Waals surface area contributed by atoms with E-state index >= 15 is 0 Å². The summed E-state index contributed by atoms with van der Waals surface area (Å²) < 4.78 is 10.2. The molecule has 3 rings (SSSR count). The molecule has 1 atom stereocenters. The zero-order valence-electron chi connectivity index (χ0n) is 14.9. The first kappa shape index (κ1) is 17.7. The molecule has 26 heavy (non-hydrogen) atoms. The lowest BCUT2D eigenvalue weighted by Gasteiger charge is -2.30. The lowest BCUT2D eigenvalue weighted by molar-refractivity contribution is -0.143. The number of carboxylic acids is 1. The Bertz CT molecular complexity index is 955. The topological polar surface area (TPSA) is 115 Å². The van der Waals surface area contributed by atoms with Gasteiger partial charge >= 0.3 is 11.9 Å². The number of esters is 1. The van der Waals surface area contributed by atoms with E-state index < -0.39 is 17.9 Å². The summed E-state index contributed by atoms with van der Waals surface area (Å²) >= 11 is 0. The number of aromatic nitrogens is 2. The Labute approximate surface area is 149 Å². The van der Waals surface area contributed by atoms with E-state index in [2.05, 4.69) is 15.6 Å². The molecule has 8 heteroatoms. The van der Waals surface area contributed by atoms with Crippen LogP contribution in [0.15, 0.2) is 45.4 Å². The summed E-state index contributed by atoms with van der Waals surface area (Å²) in [5.41, 5.74) is 2.70. The average Bonchev–Trinajstić information content (AvgIpc) is 3.01. The number of aliphatic carboxylic acids is 1. The van der Waals surface area contributed by atoms with E-state index in [4.69, 9.17) is 9.37 Å². The fraction of sp³-hybridized carbons (Fsp3) is 0.333. The lowest BCUT2D eigenvalue weighted by atomic mass is 9.80. The van der Waals surface area contributed by atoms with Crippen molar-refractivity contribution >= 4 is 23.0 Å². The van der Waals surface area contributed by atoms with E-state index in [1.807, 2.05) is 0 Å². The summed E-state index contributed by atoms with van der Waals surface area (Å²) in [6.07, 6.45) is -0.340. The van der Waals surface area contributed by atoms with Gasteiger partial charge in [-0.25, -0.2) is 14.2 Å². The quantitative estimate of drug-likeness (QED) is 0.802. The average molecular weight is 357 g/mol. The molecule has 1 aromatic heterocycles. The van der Waals surface area contributed by atoms with Crippen LogP contribution in [0.1, 0.15) is 39.2 Å². The summed E-state index contributed by atoms with van der Waals surface area (Å²) in [4.78, 5) is 24.7. The Morgan fingerprint density at radius 2 is 1.88 bits per heavy atom. The summed E-state index contributed by atoms with van der Waals surface area (Å²) in [6.45, 7) is 6.85. The van der Waals surface area contributed by atoms with Gasteiger partial charge in [-0.2, -0.15) is 0 Å². The second kappa shape index (κ2) is 6.62. The maximum absolute atomic E-state index is 12.8. The number of nitrogens with zero attached hydrogens (tertiary/aromatic N) is 2. The molecule has 0 unspecified atom stereocenters. The van der Waals surface area contributed by atoms with Crippen LogP contribution in [0.3, 0.4) is 0 Å². The molecule has 2 heterocycles. The molecule has 1 aliphatic heterocycles. The molecule has 0 bridgehead atoms. The highest BCUT2D eigenvalue weighted by Gasteiger charge is 2.38. The van der Waals surface area contributed by atoms with E-state index in [9.17, 15) is 14.7 Å². The summed E-state index contributed by atoms with van der Waals surface area (Å²) in [5.74, 6) is -2.55. The van der Waals surface area contributed by atoms with E-state index in [0.29, 0.717) is 28.0 Å². The van der Waals surface area contributed by atoms with Gasteiger partial charge in [0.1, 0.15) is 11.0 Å². The standard InChI is InChI=1S/C18H19N3O5/c1-8(2)25-18(24)14-10(4)19-9(3)13(17(22)23)15(14)11-6-5-7-12-16(11)21-26-20-12/h5-8,15,19H,1-4H3,(H,22,23)/t15-/m1/s1. The highest BCUT2D eigenvalue weighted by atomic mass is 16.6. The Hall–Kier alpha value is -3.16. The Morgan fingerprint density at radius 1 is 1.19 bits per heavy atom. The van der Waals surface area contributed by atoms with Crippen LogP contribution in [-0.2, 0) is 14.3 Å². The SMILES string of the molecule is CC1=C(C(=O)O)[C@@H](c2cccc3nonc23)C(C(=O)OC(C)C)=C(C)N1. The Balaban J connectivity index is 2.25. The van der Waals surface area contributed by atoms with E-state index in [1.165, 1.54) is 0 Å². The van der Waals surface area contributed by atoms with Crippen molar-refractivity contribution in [3.8, 4) is 0 Å². The fourth-order valence-corrected chi connectivity index (χ4v) is 3.20. The van der Waals surface area contributed by atoms with Crippen molar-refractivity contribution in [2.24, 2.45) is 0 Å². The third kappa shape index (κ3) is 2.94. The van der Waals surface area contributed by atoms with Gasteiger partial charge in [-0.3, -0.25) is 0 Å². The van der Waals surface area contributed by atoms with Crippen LogP contribution >= 0.6 is 0 Å². The van der Waals surface area contributed by atoms with Crippen LogP contribution in [0.4, 0.5) is 0 Å². The van der Waals surface area contributed by atoms with Gasteiger partial charge in [-0.15, -0.1) is 0 Å². The zero-order chi connectivity index (χ0) is 19.0. The minimum atomic E-state index is -1.13. The third-order valence-corrected chi connectivity index (χ3v) is 4.18. The van der Waals surface area contributed by atoms with E-state index in [0.717, 1.165) is 0 Å². The Morgan fingerprint density at radius 3 is 2.54 bits per heavy atom. The van der Waals surface area contributed by atoms with Crippen LogP contribution in [0.5, 0.6) is 0 Å². The third-order valence-electron chi connectivity index (χ3n) is 4.18. The molecule has 2 aromatic rings. The van der Waals surface area contributed by atoms with Gasteiger partial charge in [0.05, 0.1) is 23.2 Å². The molecule has 0 saturated carbocycles. The Kier molecular flexibility index (Phi) is 4.50. The van der Waals surface area contributed by atoms with Crippen LogP contribution in [-0.4, -0.2) is 33.5 Å². The van der Waals surface area contributed by atoms with Crippen molar-refractivity contribution in [1.29, 1.82) is 0 Å². The van der Waals surface area contributed by atoms with Gasteiger partial charge in [0.2, 0.25) is 0 Å². The summed E-state index contributed by atoms with van der Waals surface area (Å²) in [5, 5.41) is 20.5. The number of benzene rings is 1. The number of rotatable bonds is 4. The minimum Gasteiger partial charge on any atom is -0.478 e. The number of hydrogen-bond donors (Lipinski definition) is 2. The largest absolute Gasteiger partial charge is 0.478 e. The van der Waals surface area contributed by atoms with Crippen molar-refractivity contribution in [2.75, 3.05) is 0 Å². The number of ether oxygens (including phenoxy) is 1. The maximum Gasteiger partial charge on any atom is 0.337 e. The number of nitrogens with one attached hydrogen (secondary N) is 1. The summed E-state index contributed by atoms with van der Waals surface area (Å²) in [7, 11) is 0. The van der Waals surface area contributed by atoms with Crippen molar-refractivity contribution in [3.05, 3.63) is 46.3 Å². The molecule has 2 N–H and O–H groups in total. The van der Waals surface area contributed by atoms with Crippen molar-refractivity contribution < 1.29 is 24.1 Å². The lowest BCUT2D eigenvalue weighted by Crippen LogP contribution is -2.32. The minimum absolute atomic E-state index is 0.0572. The smallest absolute Gasteiger partial charge is 0.337 e. The second-order valence-corrected chi connectivity index (χ2v) is 6.37. The molecule has 0 saturated heterocycles. The number of dihydropyridines is 1. The van der Waals surface area contributed by atoms with Gasteiger partial charge in [0.25, 0.3) is 0 Å². The number of carboxylic acid groups (broad SMARTS) is 1. The zero-order valence-corrected chi connectivity index (χ0v) is 14.9.